The Balaban J connectivity index is 1.00. The van der Waals surface area contributed by atoms with Crippen molar-refractivity contribution in [3.8, 4) is 0 Å². The lowest BCUT2D eigenvalue weighted by Crippen LogP contribution is -2.50. The van der Waals surface area contributed by atoms with Crippen molar-refractivity contribution in [2.75, 3.05) is 13.2 Å². The van der Waals surface area contributed by atoms with Gasteiger partial charge in [0, 0.05) is 25.4 Å². The molecule has 228 valence electrons. The largest absolute Gasteiger partial charge is 0.508 e. The van der Waals surface area contributed by atoms with Crippen LogP contribution < -0.4 is 5.32 Å². The maximum absolute atomic E-state index is 12.5. The minimum absolute atomic E-state index is 0.0590. The number of nitrogens with zero attached hydrogens (tertiary/aromatic N) is 1. The van der Waals surface area contributed by atoms with Crippen molar-refractivity contribution >= 4 is 17.7 Å². The van der Waals surface area contributed by atoms with Crippen LogP contribution in [0.1, 0.15) is 69.9 Å². The zero-order valence-electron chi connectivity index (χ0n) is 25.3. The number of nitrogens with one attached hydrogen (secondary N) is 1. The summed E-state index contributed by atoms with van der Waals surface area (Å²) in [5.41, 5.74) is 5.51. The van der Waals surface area contributed by atoms with E-state index < -0.39 is 18.2 Å². The fraction of sp³-hybridized carbons (Fsp3) is 0.528. The molecule has 2 aromatic rings. The molecule has 6 rings (SSSR count). The van der Waals surface area contributed by atoms with Crippen molar-refractivity contribution in [2.45, 2.75) is 77.4 Å². The SMILES string of the molecule is C[C@]12CC[C@H](OC(=O)OCCN[C@@H](Cc3ccccc3)C(=O)O)CC1=CC[C@@H]1[C@@H]2CC[C@]2(C)C(c3cccnc3)=CC[C@@H]12. The molecule has 7 heteroatoms. The third kappa shape index (κ3) is 5.88. The number of carbonyl (C=O) groups is 2. The lowest BCUT2D eigenvalue weighted by Gasteiger charge is -2.57. The second-order valence-corrected chi connectivity index (χ2v) is 13.4. The predicted molar refractivity (Wildman–Crippen MR) is 165 cm³/mol. The van der Waals surface area contributed by atoms with Crippen molar-refractivity contribution in [1.82, 2.24) is 10.3 Å². The molecule has 7 atom stereocenters. The highest BCUT2D eigenvalue weighted by atomic mass is 16.7. The summed E-state index contributed by atoms with van der Waals surface area (Å²) in [7, 11) is 0. The fourth-order valence-electron chi connectivity index (χ4n) is 8.90. The average Bonchev–Trinajstić information content (AvgIpc) is 3.37. The van der Waals surface area contributed by atoms with Crippen LogP contribution in [-0.2, 0) is 20.7 Å². The Kier molecular flexibility index (Phi) is 8.45. The molecule has 0 spiro atoms. The molecule has 0 bridgehead atoms. The quantitative estimate of drug-likeness (QED) is 0.189. The monoisotopic (exact) mass is 584 g/mol. The Morgan fingerprint density at radius 2 is 1.84 bits per heavy atom. The number of rotatable bonds is 9. The number of pyridine rings is 1. The van der Waals surface area contributed by atoms with Gasteiger partial charge < -0.3 is 19.9 Å². The van der Waals surface area contributed by atoms with Crippen molar-refractivity contribution in [1.29, 1.82) is 0 Å². The van der Waals surface area contributed by atoms with E-state index in [1.54, 1.807) is 0 Å². The Labute approximate surface area is 254 Å². The number of allylic oxidation sites excluding steroid dienone is 3. The van der Waals surface area contributed by atoms with Crippen molar-refractivity contribution in [2.24, 2.45) is 28.6 Å². The number of hydrogen-bond donors (Lipinski definition) is 2. The number of fused-ring (bicyclic) bond motifs is 5. The summed E-state index contributed by atoms with van der Waals surface area (Å²) in [5.74, 6) is 1.05. The van der Waals surface area contributed by atoms with Crippen LogP contribution in [0.3, 0.4) is 0 Å². The molecular weight excluding hydrogens is 540 g/mol. The summed E-state index contributed by atoms with van der Waals surface area (Å²) in [6.45, 7) is 5.24. The van der Waals surface area contributed by atoms with Crippen molar-refractivity contribution in [3.63, 3.8) is 0 Å². The second-order valence-electron chi connectivity index (χ2n) is 13.4. The van der Waals surface area contributed by atoms with E-state index >= 15 is 0 Å². The van der Waals surface area contributed by atoms with E-state index in [1.807, 2.05) is 48.8 Å². The summed E-state index contributed by atoms with van der Waals surface area (Å²) >= 11 is 0. The van der Waals surface area contributed by atoms with E-state index in [0.29, 0.717) is 24.2 Å². The Hall–Kier alpha value is -3.45. The molecule has 2 saturated carbocycles. The molecule has 4 aliphatic carbocycles. The number of benzene rings is 1. The van der Waals surface area contributed by atoms with Gasteiger partial charge in [-0.15, -0.1) is 0 Å². The van der Waals surface area contributed by atoms with Gasteiger partial charge in [0.25, 0.3) is 0 Å². The molecule has 0 unspecified atom stereocenters. The molecule has 1 heterocycles. The van der Waals surface area contributed by atoms with E-state index in [4.69, 9.17) is 9.47 Å². The lowest BCUT2D eigenvalue weighted by atomic mass is 9.47. The number of ether oxygens (including phenoxy) is 2. The van der Waals surface area contributed by atoms with Crippen LogP contribution in [0, 0.1) is 28.6 Å². The molecule has 43 heavy (non-hydrogen) atoms. The maximum Gasteiger partial charge on any atom is 0.508 e. The molecule has 0 radical (unpaired) electrons. The van der Waals surface area contributed by atoms with Gasteiger partial charge in [0.15, 0.2) is 0 Å². The maximum atomic E-state index is 12.5. The van der Waals surface area contributed by atoms with Crippen LogP contribution in [0.15, 0.2) is 72.6 Å². The van der Waals surface area contributed by atoms with Crippen LogP contribution in [0.2, 0.25) is 0 Å². The average molecular weight is 585 g/mol. The van der Waals surface area contributed by atoms with Crippen LogP contribution in [-0.4, -0.2) is 47.5 Å². The van der Waals surface area contributed by atoms with Crippen LogP contribution in [0.5, 0.6) is 0 Å². The van der Waals surface area contributed by atoms with E-state index in [2.05, 4.69) is 42.4 Å². The highest BCUT2D eigenvalue weighted by Gasteiger charge is 2.57. The number of carboxylic acid groups (broad SMARTS) is 1. The van der Waals surface area contributed by atoms with Gasteiger partial charge in [-0.25, -0.2) is 4.79 Å². The van der Waals surface area contributed by atoms with Crippen LogP contribution in [0.25, 0.3) is 5.57 Å². The minimum Gasteiger partial charge on any atom is -0.480 e. The van der Waals surface area contributed by atoms with Gasteiger partial charge in [-0.2, -0.15) is 0 Å². The van der Waals surface area contributed by atoms with Crippen LogP contribution >= 0.6 is 0 Å². The van der Waals surface area contributed by atoms with Crippen LogP contribution in [0.4, 0.5) is 4.79 Å². The Morgan fingerprint density at radius 3 is 2.60 bits per heavy atom. The summed E-state index contributed by atoms with van der Waals surface area (Å²) in [6, 6.07) is 13.0. The first kappa shape index (κ1) is 29.6. The second kappa shape index (κ2) is 12.3. The fourth-order valence-corrected chi connectivity index (χ4v) is 8.90. The molecule has 0 saturated heterocycles. The van der Waals surface area contributed by atoms with Gasteiger partial charge in [-0.05, 0) is 96.3 Å². The zero-order valence-corrected chi connectivity index (χ0v) is 25.3. The van der Waals surface area contributed by atoms with Gasteiger partial charge in [-0.3, -0.25) is 9.78 Å². The summed E-state index contributed by atoms with van der Waals surface area (Å²) < 4.78 is 11.1. The highest BCUT2D eigenvalue weighted by molar-refractivity contribution is 5.74. The Morgan fingerprint density at radius 1 is 1.02 bits per heavy atom. The van der Waals surface area contributed by atoms with E-state index in [1.165, 1.54) is 29.6 Å². The summed E-state index contributed by atoms with van der Waals surface area (Å²) in [6.07, 6.45) is 15.6. The number of carboxylic acids is 1. The van der Waals surface area contributed by atoms with Gasteiger partial charge in [0.1, 0.15) is 18.8 Å². The highest BCUT2D eigenvalue weighted by Crippen LogP contribution is 2.66. The first-order valence-corrected chi connectivity index (χ1v) is 15.9. The van der Waals surface area contributed by atoms with Crippen molar-refractivity contribution < 1.29 is 24.2 Å². The molecule has 0 aliphatic heterocycles. The summed E-state index contributed by atoms with van der Waals surface area (Å²) in [5, 5.41) is 12.5. The molecule has 0 amide bonds. The normalized spacial score (nSPS) is 31.9. The number of carbonyl (C=O) groups excluding carboxylic acids is 1. The molecule has 1 aromatic carbocycles. The van der Waals surface area contributed by atoms with Gasteiger partial charge >= 0.3 is 12.1 Å². The zero-order chi connectivity index (χ0) is 30.0. The number of aromatic nitrogens is 1. The molecule has 1 aromatic heterocycles. The topological polar surface area (TPSA) is 97.8 Å². The first-order valence-electron chi connectivity index (χ1n) is 15.9. The van der Waals surface area contributed by atoms with Crippen molar-refractivity contribution in [3.05, 3.63) is 83.7 Å². The smallest absolute Gasteiger partial charge is 0.480 e. The summed E-state index contributed by atoms with van der Waals surface area (Å²) in [4.78, 5) is 28.6. The van der Waals surface area contributed by atoms with Gasteiger partial charge in [0.05, 0.1) is 0 Å². The standard InChI is InChI=1S/C36H44N2O5/c1-35-16-14-27(43-34(41)42-20-19-38-32(33(39)40)21-24-7-4-3-5-8-24)22-26(35)10-11-28-30-13-12-29(25-9-6-18-37-23-25)36(30,2)17-15-31(28)35/h3-10,12,18,23,27-28,30-32,38H,11,13-17,19-22H2,1-2H3,(H,39,40)/t27-,28-,30-,31-,32-,35-,36+/m0/s1. The molecule has 2 fully saturated rings. The number of hydrogen-bond acceptors (Lipinski definition) is 6. The molecule has 2 N–H and O–H groups in total. The van der Waals surface area contributed by atoms with E-state index in [0.717, 1.165) is 37.7 Å². The minimum atomic E-state index is -0.930. The van der Waals surface area contributed by atoms with Gasteiger partial charge in [0.2, 0.25) is 0 Å². The first-order chi connectivity index (χ1) is 20.8. The third-order valence-electron chi connectivity index (χ3n) is 11.2. The van der Waals surface area contributed by atoms with E-state index in [9.17, 15) is 14.7 Å². The third-order valence-corrected chi connectivity index (χ3v) is 11.2. The van der Waals surface area contributed by atoms with E-state index in [-0.39, 0.29) is 30.1 Å². The van der Waals surface area contributed by atoms with Gasteiger partial charge in [-0.1, -0.05) is 68.0 Å². The Bertz CT molecular complexity index is 1370. The lowest BCUT2D eigenvalue weighted by molar-refractivity contribution is -0.139. The molecule has 7 nitrogen and oxygen atoms in total. The molecular formula is C36H44N2O5. The number of aliphatic carboxylic acids is 1. The predicted octanol–water partition coefficient (Wildman–Crippen LogP) is 6.85. The molecule has 4 aliphatic rings.